The molecule has 1 aromatic carbocycles. The van der Waals surface area contributed by atoms with E-state index in [1.807, 2.05) is 24.3 Å². The lowest BCUT2D eigenvalue weighted by Gasteiger charge is -2.42. The molecule has 126 valence electrons. The topological polar surface area (TPSA) is 59.0 Å². The molecule has 0 radical (unpaired) electrons. The van der Waals surface area contributed by atoms with Crippen molar-refractivity contribution < 1.29 is 19.5 Å². The maximum Gasteiger partial charge on any atom is 0.253 e. The average molecular weight is 319 g/mol. The van der Waals surface area contributed by atoms with Crippen molar-refractivity contribution in [3.05, 3.63) is 29.8 Å². The second kappa shape index (κ2) is 7.32. The van der Waals surface area contributed by atoms with Crippen LogP contribution < -0.4 is 4.74 Å². The van der Waals surface area contributed by atoms with E-state index in [0.29, 0.717) is 13.2 Å². The van der Waals surface area contributed by atoms with Gasteiger partial charge in [0.1, 0.15) is 12.4 Å². The molecule has 1 heterocycles. The van der Waals surface area contributed by atoms with Gasteiger partial charge in [0.15, 0.2) is 0 Å². The van der Waals surface area contributed by atoms with E-state index in [-0.39, 0.29) is 17.7 Å². The van der Waals surface area contributed by atoms with Crippen LogP contribution in [0, 0.1) is 11.8 Å². The van der Waals surface area contributed by atoms with Crippen molar-refractivity contribution in [3.8, 4) is 5.75 Å². The first-order chi connectivity index (χ1) is 11.2. The molecule has 2 fully saturated rings. The molecule has 23 heavy (non-hydrogen) atoms. The lowest BCUT2D eigenvalue weighted by Crippen LogP contribution is -2.58. The maximum atomic E-state index is 12.2. The molecule has 1 amide bonds. The Morgan fingerprint density at radius 3 is 2.52 bits per heavy atom. The van der Waals surface area contributed by atoms with E-state index in [4.69, 9.17) is 9.57 Å². The summed E-state index contributed by atoms with van der Waals surface area (Å²) in [6, 6.07) is 7.56. The minimum absolute atomic E-state index is 0.0865. The molecule has 1 aromatic rings. The number of hydroxylamine groups is 2. The zero-order valence-electron chi connectivity index (χ0n) is 13.6. The average Bonchev–Trinajstić information content (AvgIpc) is 2.61. The third-order valence-corrected chi connectivity index (χ3v) is 5.02. The fourth-order valence-electron chi connectivity index (χ4n) is 3.47. The van der Waals surface area contributed by atoms with Crippen LogP contribution in [0.5, 0.6) is 5.75 Å². The summed E-state index contributed by atoms with van der Waals surface area (Å²) >= 11 is 0. The van der Waals surface area contributed by atoms with Gasteiger partial charge in [-0.05, 0) is 36.5 Å². The SMILES string of the molecule is COc1ccc(CON2C[C@H]([C@H](O)C3CCCCC3)C2=O)cc1. The second-order valence-electron chi connectivity index (χ2n) is 6.52. The molecule has 1 N–H and O–H groups in total. The standard InChI is InChI=1S/C18H25NO4/c1-22-15-9-7-13(8-10-15)12-23-19-11-16(18(19)21)17(20)14-5-3-2-4-6-14/h7-10,14,16-17,20H,2-6,11-12H2,1H3/t16-,17-/m1/s1. The molecular weight excluding hydrogens is 294 g/mol. The molecule has 5 nitrogen and oxygen atoms in total. The van der Waals surface area contributed by atoms with Gasteiger partial charge >= 0.3 is 0 Å². The van der Waals surface area contributed by atoms with Crippen molar-refractivity contribution in [2.24, 2.45) is 11.8 Å². The normalized spacial score (nSPS) is 23.5. The number of rotatable bonds is 6. The Morgan fingerprint density at radius 2 is 1.91 bits per heavy atom. The smallest absolute Gasteiger partial charge is 0.253 e. The Labute approximate surface area is 137 Å². The number of amides is 1. The van der Waals surface area contributed by atoms with Gasteiger partial charge in [0.05, 0.1) is 25.7 Å². The number of aliphatic hydroxyl groups is 1. The van der Waals surface area contributed by atoms with Gasteiger partial charge < -0.3 is 9.84 Å². The maximum absolute atomic E-state index is 12.2. The summed E-state index contributed by atoms with van der Waals surface area (Å²) in [6.07, 6.45) is 5.15. The van der Waals surface area contributed by atoms with Gasteiger partial charge in [-0.3, -0.25) is 9.63 Å². The van der Waals surface area contributed by atoms with Gasteiger partial charge in [0, 0.05) is 0 Å². The number of ether oxygens (including phenoxy) is 1. The van der Waals surface area contributed by atoms with Crippen LogP contribution in [-0.4, -0.2) is 35.8 Å². The van der Waals surface area contributed by atoms with Crippen LogP contribution in [0.15, 0.2) is 24.3 Å². The minimum atomic E-state index is -0.511. The molecule has 0 bridgehead atoms. The fourth-order valence-corrected chi connectivity index (χ4v) is 3.47. The summed E-state index contributed by atoms with van der Waals surface area (Å²) < 4.78 is 5.11. The summed E-state index contributed by atoms with van der Waals surface area (Å²) in [5, 5.41) is 11.8. The second-order valence-corrected chi connectivity index (χ2v) is 6.52. The number of nitrogens with zero attached hydrogens (tertiary/aromatic N) is 1. The highest BCUT2D eigenvalue weighted by Gasteiger charge is 2.45. The highest BCUT2D eigenvalue weighted by molar-refractivity contribution is 5.84. The summed E-state index contributed by atoms with van der Waals surface area (Å²) in [6.45, 7) is 0.842. The lowest BCUT2D eigenvalue weighted by molar-refractivity contribution is -0.236. The lowest BCUT2D eigenvalue weighted by atomic mass is 9.78. The molecule has 1 aliphatic heterocycles. The van der Waals surface area contributed by atoms with Gasteiger partial charge in [0.25, 0.3) is 5.91 Å². The molecular formula is C18H25NO4. The van der Waals surface area contributed by atoms with Crippen molar-refractivity contribution in [3.63, 3.8) is 0 Å². The highest BCUT2D eigenvalue weighted by Crippen LogP contribution is 2.33. The molecule has 5 heteroatoms. The van der Waals surface area contributed by atoms with Crippen molar-refractivity contribution in [2.45, 2.75) is 44.8 Å². The van der Waals surface area contributed by atoms with Crippen LogP contribution in [-0.2, 0) is 16.2 Å². The zero-order valence-corrected chi connectivity index (χ0v) is 13.6. The fraction of sp³-hybridized carbons (Fsp3) is 0.611. The van der Waals surface area contributed by atoms with E-state index in [9.17, 15) is 9.90 Å². The number of β-lactam (4-membered cyclic amide) rings is 1. The van der Waals surface area contributed by atoms with Crippen LogP contribution in [0.1, 0.15) is 37.7 Å². The Kier molecular flexibility index (Phi) is 5.18. The van der Waals surface area contributed by atoms with Crippen LogP contribution in [0.4, 0.5) is 0 Å². The van der Waals surface area contributed by atoms with Gasteiger partial charge in [-0.1, -0.05) is 31.4 Å². The molecule has 2 aliphatic rings. The molecule has 0 spiro atoms. The summed E-state index contributed by atoms with van der Waals surface area (Å²) in [4.78, 5) is 17.7. The van der Waals surface area contributed by atoms with Crippen molar-refractivity contribution >= 4 is 5.91 Å². The Balaban J connectivity index is 1.45. The molecule has 1 aliphatic carbocycles. The number of aliphatic hydroxyl groups excluding tert-OH is 1. The number of hydrogen-bond acceptors (Lipinski definition) is 4. The van der Waals surface area contributed by atoms with E-state index < -0.39 is 6.10 Å². The van der Waals surface area contributed by atoms with E-state index in [1.54, 1.807) is 7.11 Å². The van der Waals surface area contributed by atoms with Crippen molar-refractivity contribution in [1.29, 1.82) is 0 Å². The summed E-state index contributed by atoms with van der Waals surface area (Å²) in [5.41, 5.74) is 0.981. The van der Waals surface area contributed by atoms with E-state index in [2.05, 4.69) is 0 Å². The first-order valence-corrected chi connectivity index (χ1v) is 8.44. The molecule has 2 atom stereocenters. The Morgan fingerprint density at radius 1 is 1.22 bits per heavy atom. The number of hydrogen-bond donors (Lipinski definition) is 1. The minimum Gasteiger partial charge on any atom is -0.497 e. The monoisotopic (exact) mass is 319 g/mol. The highest BCUT2D eigenvalue weighted by atomic mass is 16.7. The van der Waals surface area contributed by atoms with E-state index in [1.165, 1.54) is 24.3 Å². The molecule has 0 unspecified atom stereocenters. The van der Waals surface area contributed by atoms with Crippen LogP contribution in [0.2, 0.25) is 0 Å². The van der Waals surface area contributed by atoms with Crippen molar-refractivity contribution in [1.82, 2.24) is 5.06 Å². The molecule has 3 rings (SSSR count). The quantitative estimate of drug-likeness (QED) is 0.819. The zero-order chi connectivity index (χ0) is 16.2. The number of carbonyl (C=O) groups is 1. The number of carbonyl (C=O) groups excluding carboxylic acids is 1. The van der Waals surface area contributed by atoms with Crippen LogP contribution in [0.25, 0.3) is 0 Å². The van der Waals surface area contributed by atoms with Gasteiger partial charge in [-0.2, -0.15) is 0 Å². The van der Waals surface area contributed by atoms with Crippen LogP contribution in [0.3, 0.4) is 0 Å². The summed E-state index contributed by atoms with van der Waals surface area (Å²) in [7, 11) is 1.63. The predicted octanol–water partition coefficient (Wildman–Crippen LogP) is 2.53. The van der Waals surface area contributed by atoms with E-state index >= 15 is 0 Å². The third kappa shape index (κ3) is 3.67. The van der Waals surface area contributed by atoms with Gasteiger partial charge in [-0.25, -0.2) is 5.06 Å². The van der Waals surface area contributed by atoms with Gasteiger partial charge in [-0.15, -0.1) is 0 Å². The van der Waals surface area contributed by atoms with Crippen LogP contribution >= 0.6 is 0 Å². The largest absolute Gasteiger partial charge is 0.497 e. The van der Waals surface area contributed by atoms with Crippen molar-refractivity contribution in [2.75, 3.05) is 13.7 Å². The first-order valence-electron chi connectivity index (χ1n) is 8.44. The predicted molar refractivity (Wildman–Crippen MR) is 85.6 cm³/mol. The molecule has 0 aromatic heterocycles. The number of benzene rings is 1. The van der Waals surface area contributed by atoms with Gasteiger partial charge in [0.2, 0.25) is 0 Å². The first kappa shape index (κ1) is 16.3. The summed E-state index contributed by atoms with van der Waals surface area (Å²) in [5.74, 6) is 0.705. The molecule has 1 saturated heterocycles. The Bertz CT molecular complexity index is 524. The number of methoxy groups -OCH3 is 1. The Hall–Kier alpha value is -1.59. The molecule has 1 saturated carbocycles. The third-order valence-electron chi connectivity index (χ3n) is 5.02. The van der Waals surface area contributed by atoms with E-state index in [0.717, 1.165) is 24.2 Å².